The molecule has 0 spiro atoms. The number of benzene rings is 1. The van der Waals surface area contributed by atoms with E-state index in [2.05, 4.69) is 0 Å². The van der Waals surface area contributed by atoms with E-state index in [1.54, 1.807) is 11.8 Å². The molecule has 1 atom stereocenters. The van der Waals surface area contributed by atoms with E-state index in [-0.39, 0.29) is 24.4 Å². The topological polar surface area (TPSA) is 49.8 Å². The first kappa shape index (κ1) is 16.4. The smallest absolute Gasteiger partial charge is 0.263 e. The van der Waals surface area contributed by atoms with Crippen molar-refractivity contribution >= 4 is 5.91 Å². The van der Waals surface area contributed by atoms with Gasteiger partial charge in [-0.05, 0) is 51.5 Å². The van der Waals surface area contributed by atoms with E-state index in [9.17, 15) is 9.18 Å². The number of carbonyl (C=O) groups is 1. The van der Waals surface area contributed by atoms with Crippen molar-refractivity contribution in [3.63, 3.8) is 0 Å². The quantitative estimate of drug-likeness (QED) is 0.834. The molecule has 5 heteroatoms. The number of ether oxygens (including phenoxy) is 1. The number of amides is 1. The normalized spacial score (nSPS) is 12.3. The third kappa shape index (κ3) is 4.81. The van der Waals surface area contributed by atoms with Gasteiger partial charge in [-0.25, -0.2) is 4.39 Å². The average molecular weight is 283 g/mol. The van der Waals surface area contributed by atoms with E-state index in [4.69, 9.17) is 9.84 Å². The van der Waals surface area contributed by atoms with Gasteiger partial charge in [0.2, 0.25) is 0 Å². The van der Waals surface area contributed by atoms with Crippen molar-refractivity contribution in [2.45, 2.75) is 39.3 Å². The second kappa shape index (κ2) is 7.85. The highest BCUT2D eigenvalue weighted by molar-refractivity contribution is 5.81. The molecule has 0 bridgehead atoms. The van der Waals surface area contributed by atoms with Crippen LogP contribution in [0.5, 0.6) is 5.75 Å². The molecule has 0 aliphatic carbocycles. The first-order valence-corrected chi connectivity index (χ1v) is 6.79. The van der Waals surface area contributed by atoms with Crippen LogP contribution < -0.4 is 4.74 Å². The van der Waals surface area contributed by atoms with Gasteiger partial charge < -0.3 is 14.7 Å². The van der Waals surface area contributed by atoms with E-state index < -0.39 is 6.10 Å². The third-order valence-corrected chi connectivity index (χ3v) is 2.94. The molecule has 0 aliphatic rings. The van der Waals surface area contributed by atoms with Crippen molar-refractivity contribution in [1.29, 1.82) is 0 Å². The van der Waals surface area contributed by atoms with Crippen LogP contribution in [0.25, 0.3) is 0 Å². The zero-order chi connectivity index (χ0) is 15.1. The molecule has 0 saturated heterocycles. The van der Waals surface area contributed by atoms with Crippen molar-refractivity contribution < 1.29 is 19.0 Å². The molecule has 1 rings (SSSR count). The molecule has 0 fully saturated rings. The molecule has 4 nitrogen and oxygen atoms in total. The maximum atomic E-state index is 12.8. The van der Waals surface area contributed by atoms with Gasteiger partial charge >= 0.3 is 0 Å². The zero-order valence-electron chi connectivity index (χ0n) is 12.2. The second-order valence-corrected chi connectivity index (χ2v) is 4.92. The van der Waals surface area contributed by atoms with Crippen LogP contribution in [-0.2, 0) is 4.79 Å². The highest BCUT2D eigenvalue weighted by Gasteiger charge is 2.23. The fraction of sp³-hybridized carbons (Fsp3) is 0.533. The highest BCUT2D eigenvalue weighted by atomic mass is 19.1. The molecular weight excluding hydrogens is 261 g/mol. The van der Waals surface area contributed by atoms with E-state index in [0.29, 0.717) is 18.7 Å². The van der Waals surface area contributed by atoms with Crippen LogP contribution in [0.1, 0.15) is 27.2 Å². The van der Waals surface area contributed by atoms with Crippen molar-refractivity contribution in [2.24, 2.45) is 0 Å². The summed E-state index contributed by atoms with van der Waals surface area (Å²) in [6, 6.07) is 5.60. The number of halogens is 1. The fourth-order valence-corrected chi connectivity index (χ4v) is 1.87. The maximum Gasteiger partial charge on any atom is 0.263 e. The summed E-state index contributed by atoms with van der Waals surface area (Å²) in [5.74, 6) is -0.0287. The van der Waals surface area contributed by atoms with E-state index >= 15 is 0 Å². The molecule has 1 amide bonds. The average Bonchev–Trinajstić information content (AvgIpc) is 2.41. The van der Waals surface area contributed by atoms with Gasteiger partial charge in [0.05, 0.1) is 0 Å². The zero-order valence-corrected chi connectivity index (χ0v) is 12.2. The van der Waals surface area contributed by atoms with Crippen molar-refractivity contribution in [1.82, 2.24) is 4.90 Å². The molecule has 0 radical (unpaired) electrons. The number of hydrogen-bond donors (Lipinski definition) is 1. The Hall–Kier alpha value is -1.62. The number of carbonyl (C=O) groups excluding carboxylic acids is 1. The molecule has 0 aliphatic heterocycles. The van der Waals surface area contributed by atoms with Gasteiger partial charge in [0.25, 0.3) is 5.91 Å². The summed E-state index contributed by atoms with van der Waals surface area (Å²) in [5, 5.41) is 8.87. The van der Waals surface area contributed by atoms with Crippen LogP contribution in [-0.4, -0.2) is 41.2 Å². The highest BCUT2D eigenvalue weighted by Crippen LogP contribution is 2.15. The number of hydrogen-bond acceptors (Lipinski definition) is 3. The minimum atomic E-state index is -0.651. The first-order valence-electron chi connectivity index (χ1n) is 6.79. The summed E-state index contributed by atoms with van der Waals surface area (Å²) in [4.78, 5) is 14.0. The van der Waals surface area contributed by atoms with Crippen molar-refractivity contribution in [3.05, 3.63) is 30.1 Å². The summed E-state index contributed by atoms with van der Waals surface area (Å²) < 4.78 is 18.3. The summed E-state index contributed by atoms with van der Waals surface area (Å²) in [6.07, 6.45) is -0.116. The van der Waals surface area contributed by atoms with Gasteiger partial charge in [-0.15, -0.1) is 0 Å². The standard InChI is InChI=1S/C15H22FNO3/c1-11(2)17(9-4-10-18)15(19)12(3)20-14-7-5-13(16)6-8-14/h5-8,11-12,18H,4,9-10H2,1-3H3. The number of aliphatic hydroxyl groups is 1. The van der Waals surface area contributed by atoms with Crippen molar-refractivity contribution in [2.75, 3.05) is 13.2 Å². The Kier molecular flexibility index (Phi) is 6.45. The van der Waals surface area contributed by atoms with Gasteiger partial charge in [-0.3, -0.25) is 4.79 Å². The molecule has 0 heterocycles. The van der Waals surface area contributed by atoms with Crippen LogP contribution >= 0.6 is 0 Å². The van der Waals surface area contributed by atoms with E-state index in [1.807, 2.05) is 13.8 Å². The lowest BCUT2D eigenvalue weighted by atomic mass is 10.2. The predicted octanol–water partition coefficient (Wildman–Crippen LogP) is 2.21. The lowest BCUT2D eigenvalue weighted by Crippen LogP contribution is -2.45. The summed E-state index contributed by atoms with van der Waals surface area (Å²) >= 11 is 0. The number of nitrogens with zero attached hydrogens (tertiary/aromatic N) is 1. The SMILES string of the molecule is CC(Oc1ccc(F)cc1)C(=O)N(CCCO)C(C)C. The third-order valence-electron chi connectivity index (χ3n) is 2.94. The Labute approximate surface area is 119 Å². The Bertz CT molecular complexity index is 420. The van der Waals surface area contributed by atoms with E-state index in [0.717, 1.165) is 0 Å². The van der Waals surface area contributed by atoms with Crippen LogP contribution in [0.3, 0.4) is 0 Å². The molecular formula is C15H22FNO3. The van der Waals surface area contributed by atoms with Gasteiger partial charge in [-0.2, -0.15) is 0 Å². The predicted molar refractivity (Wildman–Crippen MR) is 75.0 cm³/mol. The summed E-state index contributed by atoms with van der Waals surface area (Å²) in [7, 11) is 0. The van der Waals surface area contributed by atoms with Crippen LogP contribution in [0.4, 0.5) is 4.39 Å². The van der Waals surface area contributed by atoms with Crippen LogP contribution in [0.15, 0.2) is 24.3 Å². The minimum Gasteiger partial charge on any atom is -0.481 e. The van der Waals surface area contributed by atoms with Gasteiger partial charge in [0.15, 0.2) is 6.10 Å². The van der Waals surface area contributed by atoms with Gasteiger partial charge in [0.1, 0.15) is 11.6 Å². The summed E-state index contributed by atoms with van der Waals surface area (Å²) in [5.41, 5.74) is 0. The largest absolute Gasteiger partial charge is 0.481 e. The monoisotopic (exact) mass is 283 g/mol. The number of aliphatic hydroxyl groups excluding tert-OH is 1. The lowest BCUT2D eigenvalue weighted by molar-refractivity contribution is -0.139. The lowest BCUT2D eigenvalue weighted by Gasteiger charge is -2.29. The van der Waals surface area contributed by atoms with Crippen LogP contribution in [0, 0.1) is 5.82 Å². The maximum absolute atomic E-state index is 12.8. The number of rotatable bonds is 7. The fourth-order valence-electron chi connectivity index (χ4n) is 1.87. The Morgan fingerprint density at radius 2 is 1.90 bits per heavy atom. The second-order valence-electron chi connectivity index (χ2n) is 4.92. The van der Waals surface area contributed by atoms with E-state index in [1.165, 1.54) is 24.3 Å². The van der Waals surface area contributed by atoms with Gasteiger partial charge in [-0.1, -0.05) is 0 Å². The summed E-state index contributed by atoms with van der Waals surface area (Å²) in [6.45, 7) is 6.04. The Morgan fingerprint density at radius 1 is 1.30 bits per heavy atom. The molecule has 1 aromatic carbocycles. The van der Waals surface area contributed by atoms with Crippen LogP contribution in [0.2, 0.25) is 0 Å². The molecule has 1 N–H and O–H groups in total. The van der Waals surface area contributed by atoms with Crippen molar-refractivity contribution in [3.8, 4) is 5.75 Å². The molecule has 0 aromatic heterocycles. The Balaban J connectivity index is 2.66. The molecule has 1 aromatic rings. The molecule has 1 unspecified atom stereocenters. The Morgan fingerprint density at radius 3 is 2.40 bits per heavy atom. The van der Waals surface area contributed by atoms with Gasteiger partial charge in [0, 0.05) is 19.2 Å². The molecule has 112 valence electrons. The first-order chi connectivity index (χ1) is 9.45. The minimum absolute atomic E-state index is 0.0355. The molecule has 20 heavy (non-hydrogen) atoms. The molecule has 0 saturated carbocycles.